The molecule has 1 unspecified atom stereocenters. The molecule has 1 aliphatic heterocycles. The lowest BCUT2D eigenvalue weighted by molar-refractivity contribution is -0.138. The van der Waals surface area contributed by atoms with Crippen molar-refractivity contribution >= 4 is 29.6 Å². The molecule has 1 atom stereocenters. The zero-order chi connectivity index (χ0) is 24.2. The van der Waals surface area contributed by atoms with E-state index in [1.54, 1.807) is 41.9 Å². The number of hydrogen-bond acceptors (Lipinski definition) is 7. The number of carbonyl (C=O) groups excluding carboxylic acids is 1. The summed E-state index contributed by atoms with van der Waals surface area (Å²) in [4.78, 5) is 28.7. The van der Waals surface area contributed by atoms with E-state index < -0.39 is 18.0 Å². The van der Waals surface area contributed by atoms with Crippen LogP contribution in [-0.2, 0) is 15.3 Å². The lowest BCUT2D eigenvalue weighted by Gasteiger charge is -2.28. The number of nitrogens with zero attached hydrogens (tertiary/aromatic N) is 3. The predicted octanol–water partition coefficient (Wildman–Crippen LogP) is 4.43. The van der Waals surface area contributed by atoms with Gasteiger partial charge in [0.15, 0.2) is 0 Å². The number of anilines is 1. The van der Waals surface area contributed by atoms with Gasteiger partial charge in [-0.25, -0.2) is 18.7 Å². The Labute approximate surface area is 199 Å². The van der Waals surface area contributed by atoms with Crippen LogP contribution < -0.4 is 5.32 Å². The average molecular weight is 481 g/mol. The van der Waals surface area contributed by atoms with Crippen molar-refractivity contribution in [1.29, 1.82) is 0 Å². The number of nitrogens with one attached hydrogen (secondary N) is 1. The summed E-state index contributed by atoms with van der Waals surface area (Å²) in [6.07, 6.45) is 1.47. The Morgan fingerprint density at radius 2 is 2.00 bits per heavy atom. The van der Waals surface area contributed by atoms with Crippen LogP contribution in [0, 0.1) is 5.82 Å². The number of benzene rings is 2. The first-order valence-electron chi connectivity index (χ1n) is 10.3. The van der Waals surface area contributed by atoms with E-state index in [2.05, 4.69) is 22.0 Å². The Bertz CT molecular complexity index is 1290. The number of halogens is 1. The van der Waals surface area contributed by atoms with E-state index in [-0.39, 0.29) is 18.0 Å². The number of aromatic nitrogens is 3. The molecular weight excluding hydrogens is 459 g/mol. The largest absolute Gasteiger partial charge is 0.478 e. The molecule has 8 nitrogen and oxygen atoms in total. The van der Waals surface area contributed by atoms with Crippen molar-refractivity contribution in [3.8, 4) is 0 Å². The molecule has 0 fully saturated rings. The van der Waals surface area contributed by atoms with Crippen molar-refractivity contribution in [2.75, 3.05) is 11.9 Å². The Balaban J connectivity index is 1.70. The second kappa shape index (κ2) is 9.92. The quantitative estimate of drug-likeness (QED) is 0.277. The van der Waals surface area contributed by atoms with E-state index in [1.165, 1.54) is 36.0 Å². The van der Waals surface area contributed by atoms with Crippen LogP contribution in [0.4, 0.5) is 10.3 Å². The molecule has 34 heavy (non-hydrogen) atoms. The molecule has 2 N–H and O–H groups in total. The summed E-state index contributed by atoms with van der Waals surface area (Å²) in [6, 6.07) is 12.0. The second-order valence-electron chi connectivity index (χ2n) is 7.42. The Morgan fingerprint density at radius 1 is 1.26 bits per heavy atom. The van der Waals surface area contributed by atoms with Crippen molar-refractivity contribution in [3.05, 3.63) is 95.0 Å². The third-order valence-corrected chi connectivity index (χ3v) is 6.06. The number of esters is 1. The van der Waals surface area contributed by atoms with Crippen LogP contribution in [-0.4, -0.2) is 38.4 Å². The molecule has 0 amide bonds. The van der Waals surface area contributed by atoms with Gasteiger partial charge in [-0.2, -0.15) is 4.98 Å². The SMILES string of the molecule is C=CCOC(=O)C1=C(C)Nc2nc(SCc3ccccc3F)nn2C1c1ccc(C(=O)O)cc1. The molecule has 1 aliphatic rings. The zero-order valence-electron chi connectivity index (χ0n) is 18.2. The fraction of sp³-hybridized carbons (Fsp3) is 0.167. The molecule has 0 radical (unpaired) electrons. The van der Waals surface area contributed by atoms with Gasteiger partial charge in [-0.05, 0) is 36.2 Å². The molecule has 0 aliphatic carbocycles. The molecule has 10 heteroatoms. The van der Waals surface area contributed by atoms with E-state index in [4.69, 9.17) is 4.74 Å². The van der Waals surface area contributed by atoms with E-state index in [0.29, 0.717) is 39.3 Å². The summed E-state index contributed by atoms with van der Waals surface area (Å²) in [7, 11) is 0. The van der Waals surface area contributed by atoms with Gasteiger partial charge in [0, 0.05) is 11.4 Å². The van der Waals surface area contributed by atoms with Gasteiger partial charge in [0.2, 0.25) is 11.1 Å². The highest BCUT2D eigenvalue weighted by atomic mass is 32.2. The van der Waals surface area contributed by atoms with Gasteiger partial charge in [0.1, 0.15) is 18.5 Å². The van der Waals surface area contributed by atoms with Gasteiger partial charge in [0.25, 0.3) is 0 Å². The molecule has 0 spiro atoms. The summed E-state index contributed by atoms with van der Waals surface area (Å²) >= 11 is 1.26. The van der Waals surface area contributed by atoms with E-state index in [0.717, 1.165) is 0 Å². The molecule has 0 saturated heterocycles. The minimum absolute atomic E-state index is 0.0360. The highest BCUT2D eigenvalue weighted by molar-refractivity contribution is 7.98. The summed E-state index contributed by atoms with van der Waals surface area (Å²) in [5, 5.41) is 17.3. The number of carbonyl (C=O) groups is 2. The fourth-order valence-corrected chi connectivity index (χ4v) is 4.36. The first-order chi connectivity index (χ1) is 16.4. The van der Waals surface area contributed by atoms with Crippen LogP contribution in [0.3, 0.4) is 0 Å². The number of allylic oxidation sites excluding steroid dienone is 1. The number of thioether (sulfide) groups is 1. The normalized spacial score (nSPS) is 14.8. The number of carboxylic acids is 1. The Morgan fingerprint density at radius 3 is 2.68 bits per heavy atom. The van der Waals surface area contributed by atoms with E-state index >= 15 is 0 Å². The van der Waals surface area contributed by atoms with Crippen molar-refractivity contribution in [2.45, 2.75) is 23.9 Å². The van der Waals surface area contributed by atoms with Gasteiger partial charge in [0.05, 0.1) is 11.1 Å². The summed E-state index contributed by atoms with van der Waals surface area (Å²) in [6.45, 7) is 5.34. The summed E-state index contributed by atoms with van der Waals surface area (Å²) < 4.78 is 20.9. The predicted molar refractivity (Wildman–Crippen MR) is 125 cm³/mol. The third-order valence-electron chi connectivity index (χ3n) is 5.17. The summed E-state index contributed by atoms with van der Waals surface area (Å²) in [5.41, 5.74) is 2.12. The Hall–Kier alpha value is -3.92. The molecule has 2 aromatic carbocycles. The number of hydrogen-bond donors (Lipinski definition) is 2. The first kappa shape index (κ1) is 23.2. The minimum atomic E-state index is -1.05. The van der Waals surface area contributed by atoms with Gasteiger partial charge in [-0.1, -0.05) is 54.7 Å². The number of fused-ring (bicyclic) bond motifs is 1. The highest BCUT2D eigenvalue weighted by Gasteiger charge is 2.35. The van der Waals surface area contributed by atoms with E-state index in [1.807, 2.05) is 0 Å². The number of rotatable bonds is 8. The Kier molecular flexibility index (Phi) is 6.78. The molecule has 0 saturated carbocycles. The minimum Gasteiger partial charge on any atom is -0.478 e. The van der Waals surface area contributed by atoms with Crippen molar-refractivity contribution in [1.82, 2.24) is 14.8 Å². The second-order valence-corrected chi connectivity index (χ2v) is 8.37. The number of ether oxygens (including phenoxy) is 1. The van der Waals surface area contributed by atoms with Crippen LogP contribution in [0.1, 0.15) is 34.5 Å². The number of aromatic carboxylic acids is 1. The van der Waals surface area contributed by atoms with Crippen LogP contribution in [0.2, 0.25) is 0 Å². The van der Waals surface area contributed by atoms with Crippen molar-refractivity contribution < 1.29 is 23.8 Å². The van der Waals surface area contributed by atoms with Crippen molar-refractivity contribution in [2.24, 2.45) is 0 Å². The molecule has 1 aromatic heterocycles. The maximum absolute atomic E-state index is 14.0. The van der Waals surface area contributed by atoms with Gasteiger partial charge in [-0.3, -0.25) is 0 Å². The molecule has 0 bridgehead atoms. The lowest BCUT2D eigenvalue weighted by atomic mass is 9.95. The maximum Gasteiger partial charge on any atom is 0.338 e. The highest BCUT2D eigenvalue weighted by Crippen LogP contribution is 2.37. The van der Waals surface area contributed by atoms with Gasteiger partial charge < -0.3 is 15.2 Å². The maximum atomic E-state index is 14.0. The van der Waals surface area contributed by atoms with Crippen LogP contribution in [0.15, 0.2) is 77.6 Å². The van der Waals surface area contributed by atoms with Crippen LogP contribution >= 0.6 is 11.8 Å². The molecule has 4 rings (SSSR count). The van der Waals surface area contributed by atoms with Crippen LogP contribution in [0.25, 0.3) is 0 Å². The molecule has 2 heterocycles. The zero-order valence-corrected chi connectivity index (χ0v) is 19.0. The molecule has 3 aromatic rings. The standard InChI is InChI=1S/C24H21FN4O4S/c1-3-12-33-22(32)19-14(2)26-23-27-24(34-13-17-6-4-5-7-18(17)25)28-29(23)20(19)15-8-10-16(11-9-15)21(30)31/h3-11,20H,1,12-13H2,2H3,(H,30,31)(H,26,27,28). The first-order valence-corrected chi connectivity index (χ1v) is 11.3. The number of carboxylic acid groups (broad SMARTS) is 1. The molecular formula is C24H21FN4O4S. The van der Waals surface area contributed by atoms with Gasteiger partial charge in [-0.15, -0.1) is 5.10 Å². The van der Waals surface area contributed by atoms with Gasteiger partial charge >= 0.3 is 11.9 Å². The molecule has 174 valence electrons. The van der Waals surface area contributed by atoms with E-state index in [9.17, 15) is 19.1 Å². The van der Waals surface area contributed by atoms with Crippen LogP contribution in [0.5, 0.6) is 0 Å². The summed E-state index contributed by atoms with van der Waals surface area (Å²) in [5.74, 6) is -1.19. The van der Waals surface area contributed by atoms with Crippen molar-refractivity contribution in [3.63, 3.8) is 0 Å². The third kappa shape index (κ3) is 4.72. The fourth-order valence-electron chi connectivity index (χ4n) is 3.54. The monoisotopic (exact) mass is 480 g/mol. The average Bonchev–Trinajstić information content (AvgIpc) is 3.23. The smallest absolute Gasteiger partial charge is 0.338 e. The topological polar surface area (TPSA) is 106 Å². The lowest BCUT2D eigenvalue weighted by Crippen LogP contribution is -2.29.